The molecule has 0 unspecified atom stereocenters. The number of hydrogen-bond donors (Lipinski definition) is 2. The molecule has 5 rings (SSSR count). The van der Waals surface area contributed by atoms with E-state index in [1.165, 1.54) is 15.9 Å². The quantitative estimate of drug-likeness (QED) is 0.361. The Balaban J connectivity index is 1.46. The van der Waals surface area contributed by atoms with Crippen molar-refractivity contribution in [2.24, 2.45) is 0 Å². The van der Waals surface area contributed by atoms with Crippen LogP contribution < -0.4 is 16.2 Å². The fourth-order valence-electron chi connectivity index (χ4n) is 3.87. The summed E-state index contributed by atoms with van der Waals surface area (Å²) in [6, 6.07) is 22.5. The minimum atomic E-state index is -0.266. The molecular weight excluding hydrogens is 446 g/mol. The van der Waals surface area contributed by atoms with Crippen molar-refractivity contribution >= 4 is 43.9 Å². The van der Waals surface area contributed by atoms with Crippen LogP contribution in [0.2, 0.25) is 0 Å². The fraction of sp³-hybridized carbons (Fsp3) is 0.154. The Morgan fingerprint density at radius 2 is 1.82 bits per heavy atom. The van der Waals surface area contributed by atoms with Crippen LogP contribution in [0.25, 0.3) is 15.9 Å². The number of nitrogens with one attached hydrogen (secondary N) is 2. The smallest absolute Gasteiger partial charge is 0.283 e. The van der Waals surface area contributed by atoms with Crippen molar-refractivity contribution in [2.75, 3.05) is 5.32 Å². The van der Waals surface area contributed by atoms with Gasteiger partial charge in [0, 0.05) is 11.3 Å². The molecule has 2 N–H and O–H groups in total. The van der Waals surface area contributed by atoms with E-state index in [9.17, 15) is 9.59 Å². The Kier molecular flexibility index (Phi) is 5.81. The molecule has 0 saturated carbocycles. The number of rotatable bonds is 6. The van der Waals surface area contributed by atoms with E-state index < -0.39 is 0 Å². The monoisotopic (exact) mass is 469 g/mol. The Morgan fingerprint density at radius 1 is 1.06 bits per heavy atom. The summed E-state index contributed by atoms with van der Waals surface area (Å²) in [5.41, 5.74) is 3.78. The van der Waals surface area contributed by atoms with Crippen molar-refractivity contribution in [3.63, 3.8) is 0 Å². The van der Waals surface area contributed by atoms with E-state index in [-0.39, 0.29) is 17.5 Å². The SMILES string of the molecule is CCc1ccccc1Nc1nn2c(=O)c3ccc(C(=O)N[C@H](C)c4ccccc4)cc3nc2s1. The van der Waals surface area contributed by atoms with Gasteiger partial charge in [0.25, 0.3) is 11.5 Å². The highest BCUT2D eigenvalue weighted by Gasteiger charge is 2.16. The number of benzene rings is 3. The summed E-state index contributed by atoms with van der Waals surface area (Å²) < 4.78 is 1.31. The summed E-state index contributed by atoms with van der Waals surface area (Å²) in [6.07, 6.45) is 0.879. The van der Waals surface area contributed by atoms with Crippen LogP contribution in [-0.2, 0) is 6.42 Å². The third-order valence-electron chi connectivity index (χ3n) is 5.75. The largest absolute Gasteiger partial charge is 0.346 e. The van der Waals surface area contributed by atoms with Crippen LogP contribution in [0.5, 0.6) is 0 Å². The molecule has 0 aliphatic carbocycles. The van der Waals surface area contributed by atoms with Gasteiger partial charge in [-0.25, -0.2) is 4.98 Å². The number of nitrogens with zero attached hydrogens (tertiary/aromatic N) is 3. The Labute approximate surface area is 200 Å². The molecule has 34 heavy (non-hydrogen) atoms. The molecule has 1 atom stereocenters. The van der Waals surface area contributed by atoms with E-state index in [2.05, 4.69) is 33.7 Å². The van der Waals surface area contributed by atoms with E-state index in [0.29, 0.717) is 26.6 Å². The standard InChI is InChI=1S/C26H23N5O2S/c1-3-17-9-7-8-12-21(17)28-25-30-31-24(33)20-14-13-19(15-22(20)29-26(31)34-25)23(32)27-16(2)18-10-5-4-6-11-18/h4-16H,3H2,1-2H3,(H,27,32)(H,28,30)/t16-/m1/s1. The molecule has 0 aliphatic heterocycles. The molecule has 0 aliphatic rings. The van der Waals surface area contributed by atoms with Gasteiger partial charge in [0.1, 0.15) is 0 Å². The molecule has 7 nitrogen and oxygen atoms in total. The van der Waals surface area contributed by atoms with Gasteiger partial charge in [-0.3, -0.25) is 9.59 Å². The molecule has 3 aromatic carbocycles. The number of para-hydroxylation sites is 1. The number of aryl methyl sites for hydroxylation is 1. The zero-order chi connectivity index (χ0) is 23.7. The summed E-state index contributed by atoms with van der Waals surface area (Å²) in [5.74, 6) is -0.219. The minimum Gasteiger partial charge on any atom is -0.346 e. The third kappa shape index (κ3) is 4.15. The average Bonchev–Trinajstić information content (AvgIpc) is 3.27. The summed E-state index contributed by atoms with van der Waals surface area (Å²) in [5, 5.41) is 11.7. The molecule has 0 saturated heterocycles. The molecule has 0 radical (unpaired) electrons. The first-order chi connectivity index (χ1) is 16.5. The normalized spacial score (nSPS) is 12.1. The molecule has 0 spiro atoms. The number of anilines is 2. The molecule has 0 bridgehead atoms. The number of fused-ring (bicyclic) bond motifs is 2. The Hall–Kier alpha value is -4.04. The van der Waals surface area contributed by atoms with Gasteiger partial charge in [-0.2, -0.15) is 4.52 Å². The predicted molar refractivity (Wildman–Crippen MR) is 136 cm³/mol. The minimum absolute atomic E-state index is 0.147. The van der Waals surface area contributed by atoms with Gasteiger partial charge in [-0.05, 0) is 48.7 Å². The molecule has 170 valence electrons. The first kappa shape index (κ1) is 21.8. The van der Waals surface area contributed by atoms with Crippen molar-refractivity contribution in [3.05, 3.63) is 99.8 Å². The van der Waals surface area contributed by atoms with Crippen LogP contribution in [-0.4, -0.2) is 20.5 Å². The van der Waals surface area contributed by atoms with Crippen LogP contribution in [0.1, 0.15) is 41.4 Å². The fourth-order valence-corrected chi connectivity index (χ4v) is 4.68. The van der Waals surface area contributed by atoms with Gasteiger partial charge in [0.15, 0.2) is 0 Å². The lowest BCUT2D eigenvalue weighted by Gasteiger charge is -2.14. The average molecular weight is 470 g/mol. The first-order valence-electron chi connectivity index (χ1n) is 11.1. The summed E-state index contributed by atoms with van der Waals surface area (Å²) in [7, 11) is 0. The van der Waals surface area contributed by atoms with Gasteiger partial charge in [-0.1, -0.05) is 66.8 Å². The van der Waals surface area contributed by atoms with Crippen molar-refractivity contribution in [2.45, 2.75) is 26.3 Å². The summed E-state index contributed by atoms with van der Waals surface area (Å²) in [4.78, 5) is 31.0. The highest BCUT2D eigenvalue weighted by Crippen LogP contribution is 2.25. The second kappa shape index (κ2) is 9.07. The van der Waals surface area contributed by atoms with Crippen LogP contribution in [0.3, 0.4) is 0 Å². The topological polar surface area (TPSA) is 88.4 Å². The molecule has 1 amide bonds. The van der Waals surface area contributed by atoms with Crippen molar-refractivity contribution in [3.8, 4) is 0 Å². The van der Waals surface area contributed by atoms with Crippen LogP contribution in [0.15, 0.2) is 77.6 Å². The maximum absolute atomic E-state index is 13.1. The Bertz CT molecular complexity index is 1560. The predicted octanol–water partition coefficient (Wildman–Crippen LogP) is 5.10. The molecule has 2 aromatic heterocycles. The Morgan fingerprint density at radius 3 is 2.62 bits per heavy atom. The highest BCUT2D eigenvalue weighted by molar-refractivity contribution is 7.20. The van der Waals surface area contributed by atoms with E-state index in [1.807, 2.05) is 55.5 Å². The van der Waals surface area contributed by atoms with Gasteiger partial charge in [0.2, 0.25) is 10.1 Å². The lowest BCUT2D eigenvalue weighted by Crippen LogP contribution is -2.26. The molecular formula is C26H23N5O2S. The summed E-state index contributed by atoms with van der Waals surface area (Å²) >= 11 is 1.29. The summed E-state index contributed by atoms with van der Waals surface area (Å²) in [6.45, 7) is 4.02. The number of aromatic nitrogens is 3. The second-order valence-corrected chi connectivity index (χ2v) is 8.95. The number of hydrogen-bond acceptors (Lipinski definition) is 6. The zero-order valence-electron chi connectivity index (χ0n) is 18.8. The maximum atomic E-state index is 13.1. The van der Waals surface area contributed by atoms with Crippen molar-refractivity contribution < 1.29 is 4.79 Å². The zero-order valence-corrected chi connectivity index (χ0v) is 19.6. The molecule has 8 heteroatoms. The molecule has 5 aromatic rings. The van der Waals surface area contributed by atoms with E-state index in [4.69, 9.17) is 0 Å². The number of carbonyl (C=O) groups is 1. The van der Waals surface area contributed by atoms with E-state index >= 15 is 0 Å². The molecule has 2 heterocycles. The van der Waals surface area contributed by atoms with Crippen LogP contribution in [0.4, 0.5) is 10.8 Å². The second-order valence-electron chi connectivity index (χ2n) is 7.99. The van der Waals surface area contributed by atoms with Gasteiger partial charge in [0.05, 0.1) is 16.9 Å². The van der Waals surface area contributed by atoms with Crippen LogP contribution in [0, 0.1) is 0 Å². The van der Waals surface area contributed by atoms with Gasteiger partial charge in [-0.15, -0.1) is 5.10 Å². The molecule has 0 fully saturated rings. The number of amides is 1. The third-order valence-corrected chi connectivity index (χ3v) is 6.57. The van der Waals surface area contributed by atoms with Gasteiger partial charge < -0.3 is 10.6 Å². The highest BCUT2D eigenvalue weighted by atomic mass is 32.1. The van der Waals surface area contributed by atoms with E-state index in [1.54, 1.807) is 18.2 Å². The van der Waals surface area contributed by atoms with Gasteiger partial charge >= 0.3 is 0 Å². The van der Waals surface area contributed by atoms with Crippen molar-refractivity contribution in [1.82, 2.24) is 19.9 Å². The van der Waals surface area contributed by atoms with Crippen LogP contribution >= 0.6 is 11.3 Å². The van der Waals surface area contributed by atoms with Crippen molar-refractivity contribution in [1.29, 1.82) is 0 Å². The number of carbonyl (C=O) groups excluding carboxylic acids is 1. The lowest BCUT2D eigenvalue weighted by atomic mass is 10.1. The lowest BCUT2D eigenvalue weighted by molar-refractivity contribution is 0.0940. The maximum Gasteiger partial charge on any atom is 0.283 e. The first-order valence-corrected chi connectivity index (χ1v) is 11.9. The van der Waals surface area contributed by atoms with E-state index in [0.717, 1.165) is 23.2 Å².